The van der Waals surface area contributed by atoms with Gasteiger partial charge in [0.2, 0.25) is 0 Å². The lowest BCUT2D eigenvalue weighted by Crippen LogP contribution is -1.98. The molecule has 0 amide bonds. The summed E-state index contributed by atoms with van der Waals surface area (Å²) in [4.78, 5) is 4.61. The monoisotopic (exact) mass is 367 g/mol. The van der Waals surface area contributed by atoms with Crippen molar-refractivity contribution in [3.8, 4) is 17.2 Å². The summed E-state index contributed by atoms with van der Waals surface area (Å²) in [5.74, 6) is 2.38. The minimum absolute atomic E-state index is 0.714. The van der Waals surface area contributed by atoms with E-state index < -0.39 is 0 Å². The highest BCUT2D eigenvalue weighted by Crippen LogP contribution is 2.34. The summed E-state index contributed by atoms with van der Waals surface area (Å²) in [6.07, 6.45) is 2.59. The van der Waals surface area contributed by atoms with E-state index in [0.29, 0.717) is 5.75 Å². The molecule has 0 bridgehead atoms. The van der Waals surface area contributed by atoms with Crippen molar-refractivity contribution in [2.24, 2.45) is 0 Å². The van der Waals surface area contributed by atoms with Crippen molar-refractivity contribution >= 4 is 10.8 Å². The predicted octanol–water partition coefficient (Wildman–Crippen LogP) is 5.49. The molecule has 144 valence electrons. The van der Waals surface area contributed by atoms with Gasteiger partial charge in [-0.05, 0) is 54.1 Å². The highest BCUT2D eigenvalue weighted by Gasteiger charge is 2.12. The molecular formula is C23H29NO3. The molecule has 3 rings (SSSR count). The van der Waals surface area contributed by atoms with Crippen LogP contribution in [-0.4, -0.2) is 26.3 Å². The number of pyridine rings is 1. The molecule has 0 unspecified atom stereocenters. The summed E-state index contributed by atoms with van der Waals surface area (Å²) in [5.41, 5.74) is 4.50. The Morgan fingerprint density at radius 2 is 1.41 bits per heavy atom. The van der Waals surface area contributed by atoms with Crippen LogP contribution in [-0.2, 0) is 6.42 Å². The summed E-state index contributed by atoms with van der Waals surface area (Å²) >= 11 is 0. The molecule has 1 aromatic heterocycles. The summed E-state index contributed by atoms with van der Waals surface area (Å²) < 4.78 is 16.3. The van der Waals surface area contributed by atoms with Gasteiger partial charge in [0.25, 0.3) is 0 Å². The molecule has 0 radical (unpaired) electrons. The van der Waals surface area contributed by atoms with Crippen molar-refractivity contribution in [3.63, 3.8) is 0 Å². The van der Waals surface area contributed by atoms with Crippen LogP contribution in [0, 0.1) is 13.8 Å². The molecule has 0 saturated heterocycles. The van der Waals surface area contributed by atoms with Crippen LogP contribution in [0.2, 0.25) is 0 Å². The molecule has 27 heavy (non-hydrogen) atoms. The normalized spacial score (nSPS) is 10.2. The molecule has 0 aliphatic rings. The molecular weight excluding hydrogens is 338 g/mol. The van der Waals surface area contributed by atoms with E-state index in [1.165, 1.54) is 5.56 Å². The Balaban J connectivity index is 0.00000126. The van der Waals surface area contributed by atoms with Gasteiger partial charge in [-0.3, -0.25) is 4.98 Å². The summed E-state index contributed by atoms with van der Waals surface area (Å²) in [5, 5.41) is 2.16. The van der Waals surface area contributed by atoms with Gasteiger partial charge in [0.1, 0.15) is 5.75 Å². The molecule has 0 N–H and O–H groups in total. The first-order valence-electron chi connectivity index (χ1n) is 9.21. The number of hydrogen-bond acceptors (Lipinski definition) is 4. The highest BCUT2D eigenvalue weighted by molar-refractivity contribution is 5.88. The van der Waals surface area contributed by atoms with Gasteiger partial charge < -0.3 is 14.2 Å². The SMILES string of the molecule is CC.COc1cc2ccnc(Cc3cc(C)c(OC)c(C)c3)c2cc1OC. The maximum absolute atomic E-state index is 5.46. The van der Waals surface area contributed by atoms with Gasteiger partial charge in [-0.1, -0.05) is 26.0 Å². The molecule has 0 aliphatic heterocycles. The van der Waals surface area contributed by atoms with Crippen LogP contribution in [0.3, 0.4) is 0 Å². The zero-order valence-electron chi connectivity index (χ0n) is 17.3. The Kier molecular flexibility index (Phi) is 7.05. The zero-order valence-corrected chi connectivity index (χ0v) is 17.3. The lowest BCUT2D eigenvalue weighted by Gasteiger charge is -2.13. The molecule has 1 heterocycles. The summed E-state index contributed by atoms with van der Waals surface area (Å²) in [7, 11) is 5.01. The third-order valence-electron chi connectivity index (χ3n) is 4.45. The predicted molar refractivity (Wildman–Crippen MR) is 111 cm³/mol. The van der Waals surface area contributed by atoms with Crippen LogP contribution >= 0.6 is 0 Å². The van der Waals surface area contributed by atoms with Crippen LogP contribution in [0.1, 0.15) is 36.2 Å². The quantitative estimate of drug-likeness (QED) is 0.597. The summed E-state index contributed by atoms with van der Waals surface area (Å²) in [6.45, 7) is 8.14. The van der Waals surface area contributed by atoms with Gasteiger partial charge in [0.05, 0.1) is 27.0 Å². The topological polar surface area (TPSA) is 40.6 Å². The van der Waals surface area contributed by atoms with Crippen LogP contribution < -0.4 is 14.2 Å². The number of hydrogen-bond donors (Lipinski definition) is 0. The Hall–Kier alpha value is -2.75. The van der Waals surface area contributed by atoms with Crippen molar-refractivity contribution in [2.75, 3.05) is 21.3 Å². The van der Waals surface area contributed by atoms with E-state index in [-0.39, 0.29) is 0 Å². The van der Waals surface area contributed by atoms with Gasteiger partial charge in [0, 0.05) is 18.0 Å². The fourth-order valence-electron chi connectivity index (χ4n) is 3.36. The van der Waals surface area contributed by atoms with Crippen molar-refractivity contribution < 1.29 is 14.2 Å². The maximum Gasteiger partial charge on any atom is 0.161 e. The average Bonchev–Trinajstić information content (AvgIpc) is 2.68. The third kappa shape index (κ3) is 4.33. The second-order valence-electron chi connectivity index (χ2n) is 6.13. The first-order chi connectivity index (χ1) is 13.1. The van der Waals surface area contributed by atoms with Gasteiger partial charge in [-0.2, -0.15) is 0 Å². The van der Waals surface area contributed by atoms with Crippen molar-refractivity contribution in [3.05, 3.63) is 58.9 Å². The number of aromatic nitrogens is 1. The second-order valence-corrected chi connectivity index (χ2v) is 6.13. The summed E-state index contributed by atoms with van der Waals surface area (Å²) in [6, 6.07) is 10.3. The van der Waals surface area contributed by atoms with Gasteiger partial charge in [0.15, 0.2) is 11.5 Å². The Labute approximate surface area is 162 Å². The Morgan fingerprint density at radius 3 is 1.96 bits per heavy atom. The highest BCUT2D eigenvalue weighted by atomic mass is 16.5. The van der Waals surface area contributed by atoms with Crippen LogP contribution in [0.5, 0.6) is 17.2 Å². The molecule has 0 fully saturated rings. The fraction of sp³-hybridized carbons (Fsp3) is 0.348. The molecule has 0 spiro atoms. The number of nitrogens with zero attached hydrogens (tertiary/aromatic N) is 1. The zero-order chi connectivity index (χ0) is 20.0. The van der Waals surface area contributed by atoms with E-state index in [0.717, 1.165) is 45.5 Å². The lowest BCUT2D eigenvalue weighted by molar-refractivity contribution is 0.356. The van der Waals surface area contributed by atoms with Gasteiger partial charge >= 0.3 is 0 Å². The van der Waals surface area contributed by atoms with Crippen molar-refractivity contribution in [2.45, 2.75) is 34.1 Å². The lowest BCUT2D eigenvalue weighted by atomic mass is 9.99. The van der Waals surface area contributed by atoms with E-state index in [4.69, 9.17) is 14.2 Å². The van der Waals surface area contributed by atoms with Gasteiger partial charge in [-0.15, -0.1) is 0 Å². The van der Waals surface area contributed by atoms with E-state index in [2.05, 4.69) is 31.0 Å². The van der Waals surface area contributed by atoms with E-state index in [1.54, 1.807) is 21.3 Å². The molecule has 0 aliphatic carbocycles. The number of fused-ring (bicyclic) bond motifs is 1. The minimum atomic E-state index is 0.714. The van der Waals surface area contributed by atoms with E-state index >= 15 is 0 Å². The second kappa shape index (κ2) is 9.26. The standard InChI is InChI=1S/C21H23NO3.C2H6/c1-13-8-15(9-14(2)21(13)25-5)10-18-17-12-20(24-4)19(23-3)11-16(17)6-7-22-18;1-2/h6-9,11-12H,10H2,1-5H3;1-2H3. The largest absolute Gasteiger partial charge is 0.496 e. The number of aryl methyl sites for hydroxylation is 2. The smallest absolute Gasteiger partial charge is 0.161 e. The molecule has 4 heteroatoms. The molecule has 2 aromatic carbocycles. The van der Waals surface area contributed by atoms with Crippen molar-refractivity contribution in [1.29, 1.82) is 0 Å². The molecule has 0 atom stereocenters. The average molecular weight is 367 g/mol. The van der Waals surface area contributed by atoms with Crippen LogP contribution in [0.15, 0.2) is 36.5 Å². The van der Waals surface area contributed by atoms with Crippen LogP contribution in [0.4, 0.5) is 0 Å². The van der Waals surface area contributed by atoms with Crippen molar-refractivity contribution in [1.82, 2.24) is 4.98 Å². The Bertz CT molecular complexity index is 896. The molecule has 4 nitrogen and oxygen atoms in total. The van der Waals surface area contributed by atoms with E-state index in [9.17, 15) is 0 Å². The third-order valence-corrected chi connectivity index (χ3v) is 4.45. The number of benzene rings is 2. The first-order valence-corrected chi connectivity index (χ1v) is 9.21. The van der Waals surface area contributed by atoms with Gasteiger partial charge in [-0.25, -0.2) is 0 Å². The van der Waals surface area contributed by atoms with E-state index in [1.807, 2.05) is 38.2 Å². The molecule has 3 aromatic rings. The Morgan fingerprint density at radius 1 is 0.815 bits per heavy atom. The van der Waals surface area contributed by atoms with Crippen LogP contribution in [0.25, 0.3) is 10.8 Å². The fourth-order valence-corrected chi connectivity index (χ4v) is 3.36. The number of rotatable bonds is 5. The molecule has 0 saturated carbocycles. The minimum Gasteiger partial charge on any atom is -0.496 e. The number of methoxy groups -OCH3 is 3. The number of ether oxygens (including phenoxy) is 3. The maximum atomic E-state index is 5.46. The first kappa shape index (κ1) is 20.6.